The van der Waals surface area contributed by atoms with Crippen molar-refractivity contribution in [3.05, 3.63) is 23.2 Å². The number of nitrogens with one attached hydrogen (secondary N) is 1. The van der Waals surface area contributed by atoms with Crippen LogP contribution in [0.1, 0.15) is 20.3 Å². The number of hydrogen-bond acceptors (Lipinski definition) is 3. The average molecular weight is 315 g/mol. The van der Waals surface area contributed by atoms with E-state index in [0.717, 1.165) is 0 Å². The molecule has 2 N–H and O–H groups in total. The lowest BCUT2D eigenvalue weighted by Crippen LogP contribution is -2.44. The molecular weight excluding hydrogens is 296 g/mol. The molecule has 0 spiro atoms. The summed E-state index contributed by atoms with van der Waals surface area (Å²) >= 11 is 6.02. The number of ether oxygens (including phenoxy) is 1. The Hall–Kier alpha value is -1.95. The van der Waals surface area contributed by atoms with Crippen LogP contribution in [0.25, 0.3) is 0 Å². The average Bonchev–Trinajstić information content (AvgIpc) is 2.45. The Labute approximate surface area is 128 Å². The van der Waals surface area contributed by atoms with Gasteiger partial charge >= 0.3 is 12.0 Å². The van der Waals surface area contributed by atoms with E-state index in [1.54, 1.807) is 25.1 Å². The van der Waals surface area contributed by atoms with E-state index in [9.17, 15) is 9.59 Å². The second-order valence-electron chi connectivity index (χ2n) is 4.55. The Morgan fingerprint density at radius 3 is 2.67 bits per heavy atom. The number of anilines is 1. The number of nitrogens with zero attached hydrogens (tertiary/aromatic N) is 1. The Bertz CT molecular complexity index is 522. The molecular formula is C14H19ClN2O4. The molecule has 0 aliphatic carbocycles. The number of hydrogen-bond donors (Lipinski definition) is 2. The first kappa shape index (κ1) is 17.1. The molecule has 0 saturated heterocycles. The van der Waals surface area contributed by atoms with Gasteiger partial charge in [-0.1, -0.05) is 18.5 Å². The second-order valence-corrected chi connectivity index (χ2v) is 4.96. The first-order valence-electron chi connectivity index (χ1n) is 6.52. The third-order valence-electron chi connectivity index (χ3n) is 3.10. The van der Waals surface area contributed by atoms with Crippen LogP contribution in [-0.4, -0.2) is 41.7 Å². The number of carboxylic acid groups (broad SMARTS) is 1. The van der Waals surface area contributed by atoms with Gasteiger partial charge in [0.25, 0.3) is 0 Å². The summed E-state index contributed by atoms with van der Waals surface area (Å²) in [6.07, 6.45) is 0.645. The molecule has 0 bridgehead atoms. The number of benzene rings is 1. The van der Waals surface area contributed by atoms with Crippen LogP contribution in [0.2, 0.25) is 5.02 Å². The molecule has 0 aliphatic rings. The van der Waals surface area contributed by atoms with Crippen molar-refractivity contribution in [2.45, 2.75) is 26.3 Å². The van der Waals surface area contributed by atoms with E-state index in [1.807, 2.05) is 6.92 Å². The lowest BCUT2D eigenvalue weighted by atomic mass is 10.2. The Morgan fingerprint density at radius 2 is 2.14 bits per heavy atom. The lowest BCUT2D eigenvalue weighted by Gasteiger charge is -2.27. The van der Waals surface area contributed by atoms with Gasteiger partial charge < -0.3 is 20.1 Å². The van der Waals surface area contributed by atoms with E-state index in [0.29, 0.717) is 22.9 Å². The number of carbonyl (C=O) groups excluding carboxylic acids is 1. The van der Waals surface area contributed by atoms with Gasteiger partial charge in [-0.15, -0.1) is 0 Å². The Balaban J connectivity index is 2.93. The Kier molecular flexibility index (Phi) is 6.30. The smallest absolute Gasteiger partial charge is 0.323 e. The van der Waals surface area contributed by atoms with Crippen LogP contribution in [-0.2, 0) is 4.79 Å². The van der Waals surface area contributed by atoms with Crippen molar-refractivity contribution in [2.24, 2.45) is 0 Å². The van der Waals surface area contributed by atoms with E-state index >= 15 is 0 Å². The molecule has 0 aromatic heterocycles. The molecule has 0 radical (unpaired) electrons. The molecule has 6 nitrogen and oxygen atoms in total. The van der Waals surface area contributed by atoms with E-state index in [-0.39, 0.29) is 12.6 Å². The highest BCUT2D eigenvalue weighted by Crippen LogP contribution is 2.27. The number of halogens is 1. The van der Waals surface area contributed by atoms with Crippen molar-refractivity contribution in [2.75, 3.05) is 19.0 Å². The third-order valence-corrected chi connectivity index (χ3v) is 3.43. The van der Waals surface area contributed by atoms with Crippen LogP contribution in [0, 0.1) is 0 Å². The van der Waals surface area contributed by atoms with E-state index in [4.69, 9.17) is 21.4 Å². The summed E-state index contributed by atoms with van der Waals surface area (Å²) in [6.45, 7) is 3.30. The lowest BCUT2D eigenvalue weighted by molar-refractivity contribution is -0.138. The predicted octanol–water partition coefficient (Wildman–Crippen LogP) is 3.07. The maximum absolute atomic E-state index is 12.3. The van der Waals surface area contributed by atoms with Gasteiger partial charge in [0.1, 0.15) is 12.3 Å². The fourth-order valence-corrected chi connectivity index (χ4v) is 1.87. The normalized spacial score (nSPS) is 11.6. The fourth-order valence-electron chi connectivity index (χ4n) is 1.71. The standard InChI is InChI=1S/C14H19ClN2O4/c1-4-9(2)17(8-13(18)19)14(20)16-12-7-10(21-3)5-6-11(12)15/h5-7,9H,4,8H2,1-3H3,(H,16,20)(H,18,19). The van der Waals surface area contributed by atoms with Crippen molar-refractivity contribution in [3.63, 3.8) is 0 Å². The van der Waals surface area contributed by atoms with Crippen LogP contribution in [0.15, 0.2) is 18.2 Å². The zero-order chi connectivity index (χ0) is 16.0. The van der Waals surface area contributed by atoms with E-state index in [2.05, 4.69) is 5.32 Å². The highest BCUT2D eigenvalue weighted by atomic mass is 35.5. The first-order chi connectivity index (χ1) is 9.88. The molecule has 1 aromatic carbocycles. The van der Waals surface area contributed by atoms with Gasteiger partial charge in [-0.3, -0.25) is 4.79 Å². The number of carbonyl (C=O) groups is 2. The molecule has 0 heterocycles. The minimum absolute atomic E-state index is 0.203. The van der Waals surface area contributed by atoms with Crippen molar-refractivity contribution in [3.8, 4) is 5.75 Å². The van der Waals surface area contributed by atoms with Crippen molar-refractivity contribution < 1.29 is 19.4 Å². The van der Waals surface area contributed by atoms with Gasteiger partial charge in [-0.25, -0.2) is 4.79 Å². The SMILES string of the molecule is CCC(C)N(CC(=O)O)C(=O)Nc1cc(OC)ccc1Cl. The van der Waals surface area contributed by atoms with E-state index < -0.39 is 12.0 Å². The summed E-state index contributed by atoms with van der Waals surface area (Å²) in [5, 5.41) is 11.9. The number of methoxy groups -OCH3 is 1. The number of aliphatic carboxylic acids is 1. The van der Waals surface area contributed by atoms with E-state index in [1.165, 1.54) is 12.0 Å². The molecule has 21 heavy (non-hydrogen) atoms. The topological polar surface area (TPSA) is 78.9 Å². The largest absolute Gasteiger partial charge is 0.497 e. The monoisotopic (exact) mass is 314 g/mol. The molecule has 1 rings (SSSR count). The number of carboxylic acids is 1. The highest BCUT2D eigenvalue weighted by molar-refractivity contribution is 6.33. The first-order valence-corrected chi connectivity index (χ1v) is 6.89. The molecule has 7 heteroatoms. The molecule has 116 valence electrons. The number of urea groups is 1. The van der Waals surface area contributed by atoms with Crippen LogP contribution >= 0.6 is 11.6 Å². The minimum Gasteiger partial charge on any atom is -0.497 e. The molecule has 2 amide bonds. The highest BCUT2D eigenvalue weighted by Gasteiger charge is 2.22. The van der Waals surface area contributed by atoms with Gasteiger partial charge in [0, 0.05) is 12.1 Å². The minimum atomic E-state index is -1.07. The van der Waals surface area contributed by atoms with Crippen LogP contribution in [0.5, 0.6) is 5.75 Å². The van der Waals surface area contributed by atoms with Gasteiger partial charge in [-0.05, 0) is 25.5 Å². The van der Waals surface area contributed by atoms with Crippen molar-refractivity contribution in [1.29, 1.82) is 0 Å². The molecule has 0 aliphatic heterocycles. The maximum atomic E-state index is 12.3. The summed E-state index contributed by atoms with van der Waals surface area (Å²) < 4.78 is 5.07. The second kappa shape index (κ2) is 7.73. The Morgan fingerprint density at radius 1 is 1.48 bits per heavy atom. The fraction of sp³-hybridized carbons (Fsp3) is 0.429. The van der Waals surface area contributed by atoms with Crippen LogP contribution < -0.4 is 10.1 Å². The van der Waals surface area contributed by atoms with Gasteiger partial charge in [0.2, 0.25) is 0 Å². The molecule has 0 fully saturated rings. The zero-order valence-electron chi connectivity index (χ0n) is 12.2. The van der Waals surface area contributed by atoms with Gasteiger partial charge in [0.15, 0.2) is 0 Å². The number of amides is 2. The molecule has 1 unspecified atom stereocenters. The third kappa shape index (κ3) is 4.82. The van der Waals surface area contributed by atoms with Gasteiger partial charge in [0.05, 0.1) is 17.8 Å². The van der Waals surface area contributed by atoms with Gasteiger partial charge in [-0.2, -0.15) is 0 Å². The molecule has 1 atom stereocenters. The zero-order valence-corrected chi connectivity index (χ0v) is 13.0. The maximum Gasteiger partial charge on any atom is 0.323 e. The summed E-state index contributed by atoms with van der Waals surface area (Å²) in [5.74, 6) is -0.523. The summed E-state index contributed by atoms with van der Waals surface area (Å²) in [5.41, 5.74) is 0.375. The summed E-state index contributed by atoms with van der Waals surface area (Å²) in [4.78, 5) is 24.4. The predicted molar refractivity (Wildman–Crippen MR) is 81.1 cm³/mol. The van der Waals surface area contributed by atoms with Crippen LogP contribution in [0.4, 0.5) is 10.5 Å². The van der Waals surface area contributed by atoms with Crippen molar-refractivity contribution >= 4 is 29.3 Å². The summed E-state index contributed by atoms with van der Waals surface area (Å²) in [7, 11) is 1.50. The number of rotatable bonds is 6. The van der Waals surface area contributed by atoms with Crippen molar-refractivity contribution in [1.82, 2.24) is 4.90 Å². The quantitative estimate of drug-likeness (QED) is 0.845. The summed E-state index contributed by atoms with van der Waals surface area (Å²) in [6, 6.07) is 4.13. The molecule has 0 saturated carbocycles. The molecule has 1 aromatic rings. The van der Waals surface area contributed by atoms with Crippen LogP contribution in [0.3, 0.4) is 0 Å².